The molecule has 11 heteroatoms. The number of thioether (sulfide) groups is 1. The number of aryl methyl sites for hydroxylation is 2. The van der Waals surface area contributed by atoms with Crippen molar-refractivity contribution in [3.63, 3.8) is 0 Å². The highest BCUT2D eigenvalue weighted by Gasteiger charge is 2.19. The molecular weight excluding hydrogens is 422 g/mol. The fourth-order valence-electron chi connectivity index (χ4n) is 3.42. The van der Waals surface area contributed by atoms with Gasteiger partial charge in [-0.25, -0.2) is 19.6 Å². The van der Waals surface area contributed by atoms with Crippen LogP contribution in [0.4, 0.5) is 0 Å². The molecule has 0 aliphatic carbocycles. The molecule has 162 valence electrons. The van der Waals surface area contributed by atoms with E-state index in [-0.39, 0.29) is 5.56 Å². The Balaban J connectivity index is 1.69. The molecule has 3 aromatic heterocycles. The molecule has 0 unspecified atom stereocenters. The number of hydrogen-bond donors (Lipinski definition) is 2. The van der Waals surface area contributed by atoms with E-state index in [2.05, 4.69) is 15.0 Å². The van der Waals surface area contributed by atoms with Crippen molar-refractivity contribution in [1.29, 1.82) is 0 Å². The standard InChI is InChI=1S/C20H21N5O5S/c1-3-5-8-25-16-15(17(26)23-19(25)29)24(4-2)14(22-16)10-31-20-21-12-7-6-11(18(27)28)9-13(12)30-20/h6-7,9H,3-5,8,10H2,1-2H3,(H,27,28)(H,23,26,29). The molecule has 4 rings (SSSR count). The highest BCUT2D eigenvalue weighted by molar-refractivity contribution is 7.98. The maximum atomic E-state index is 12.5. The van der Waals surface area contributed by atoms with Crippen molar-refractivity contribution < 1.29 is 14.3 Å². The minimum Gasteiger partial charge on any atom is -0.478 e. The number of carboxylic acid groups (broad SMARTS) is 1. The first-order valence-corrected chi connectivity index (χ1v) is 10.9. The van der Waals surface area contributed by atoms with Gasteiger partial charge in [0.2, 0.25) is 0 Å². The Hall–Kier alpha value is -3.34. The number of fused-ring (bicyclic) bond motifs is 2. The van der Waals surface area contributed by atoms with Gasteiger partial charge in [0.15, 0.2) is 16.7 Å². The van der Waals surface area contributed by atoms with E-state index in [9.17, 15) is 14.4 Å². The molecule has 1 aromatic carbocycles. The van der Waals surface area contributed by atoms with E-state index < -0.39 is 17.2 Å². The number of unbranched alkanes of at least 4 members (excludes halogenated alkanes) is 1. The fourth-order valence-corrected chi connectivity index (χ4v) is 4.20. The third-order valence-electron chi connectivity index (χ3n) is 4.96. The predicted molar refractivity (Wildman–Crippen MR) is 116 cm³/mol. The molecule has 0 atom stereocenters. The van der Waals surface area contributed by atoms with Crippen LogP contribution in [0.25, 0.3) is 22.3 Å². The lowest BCUT2D eigenvalue weighted by Gasteiger charge is -2.06. The summed E-state index contributed by atoms with van der Waals surface area (Å²) in [5, 5.41) is 9.48. The first-order valence-electron chi connectivity index (χ1n) is 9.91. The van der Waals surface area contributed by atoms with Gasteiger partial charge in [0.1, 0.15) is 11.3 Å². The number of carboxylic acids is 1. The molecule has 31 heavy (non-hydrogen) atoms. The largest absolute Gasteiger partial charge is 0.478 e. The van der Waals surface area contributed by atoms with E-state index in [0.29, 0.717) is 52.2 Å². The van der Waals surface area contributed by atoms with Crippen molar-refractivity contribution in [1.82, 2.24) is 24.1 Å². The third kappa shape index (κ3) is 3.88. The molecular formula is C20H21N5O5S. The lowest BCUT2D eigenvalue weighted by molar-refractivity contribution is 0.0697. The molecule has 0 radical (unpaired) electrons. The number of benzene rings is 1. The minimum atomic E-state index is -1.04. The van der Waals surface area contributed by atoms with Gasteiger partial charge in [-0.1, -0.05) is 25.1 Å². The normalized spacial score (nSPS) is 11.5. The molecule has 4 aromatic rings. The number of nitrogens with zero attached hydrogens (tertiary/aromatic N) is 4. The molecule has 0 spiro atoms. The summed E-state index contributed by atoms with van der Waals surface area (Å²) in [5.74, 6) is -0.0523. The fraction of sp³-hybridized carbons (Fsp3) is 0.350. The van der Waals surface area contributed by atoms with Crippen molar-refractivity contribution in [3.8, 4) is 0 Å². The van der Waals surface area contributed by atoms with E-state index in [1.807, 2.05) is 13.8 Å². The summed E-state index contributed by atoms with van der Waals surface area (Å²) >= 11 is 1.28. The Bertz CT molecular complexity index is 1400. The van der Waals surface area contributed by atoms with Crippen LogP contribution in [0.1, 0.15) is 42.9 Å². The SMILES string of the molecule is CCCCn1c(=O)[nH]c(=O)c2c1nc(CSc1nc3ccc(C(=O)O)cc3o1)n2CC. The second-order valence-electron chi connectivity index (χ2n) is 6.97. The summed E-state index contributed by atoms with van der Waals surface area (Å²) in [4.78, 5) is 47.3. The second kappa shape index (κ2) is 8.42. The number of oxazole rings is 1. The maximum Gasteiger partial charge on any atom is 0.335 e. The molecule has 3 heterocycles. The summed E-state index contributed by atoms with van der Waals surface area (Å²) in [6.07, 6.45) is 1.71. The number of aromatic amines is 1. The van der Waals surface area contributed by atoms with E-state index in [1.165, 1.54) is 28.5 Å². The molecule has 0 aliphatic heterocycles. The number of aromatic carboxylic acids is 1. The van der Waals surface area contributed by atoms with Crippen LogP contribution in [0.3, 0.4) is 0 Å². The van der Waals surface area contributed by atoms with Crippen LogP contribution in [-0.4, -0.2) is 35.2 Å². The monoisotopic (exact) mass is 443 g/mol. The van der Waals surface area contributed by atoms with Crippen molar-refractivity contribution in [3.05, 3.63) is 50.4 Å². The average molecular weight is 443 g/mol. The second-order valence-corrected chi connectivity index (χ2v) is 7.89. The van der Waals surface area contributed by atoms with Crippen LogP contribution in [0.5, 0.6) is 0 Å². The third-order valence-corrected chi connectivity index (χ3v) is 5.78. The smallest absolute Gasteiger partial charge is 0.335 e. The Kier molecular flexibility index (Phi) is 5.68. The van der Waals surface area contributed by atoms with Crippen LogP contribution >= 0.6 is 11.8 Å². The maximum absolute atomic E-state index is 12.5. The summed E-state index contributed by atoms with van der Waals surface area (Å²) in [6.45, 7) is 4.92. The summed E-state index contributed by atoms with van der Waals surface area (Å²) in [5.41, 5.74) is 0.899. The van der Waals surface area contributed by atoms with Gasteiger partial charge in [-0.05, 0) is 31.5 Å². The van der Waals surface area contributed by atoms with E-state index in [0.717, 1.165) is 12.8 Å². The summed E-state index contributed by atoms with van der Waals surface area (Å²) in [7, 11) is 0. The number of aromatic nitrogens is 5. The van der Waals surface area contributed by atoms with Crippen LogP contribution < -0.4 is 11.2 Å². The minimum absolute atomic E-state index is 0.122. The quantitative estimate of drug-likeness (QED) is 0.397. The van der Waals surface area contributed by atoms with Crippen molar-refractivity contribution in [2.24, 2.45) is 0 Å². The first kappa shape index (κ1) is 20.9. The van der Waals surface area contributed by atoms with Crippen molar-refractivity contribution in [2.75, 3.05) is 0 Å². The van der Waals surface area contributed by atoms with Crippen LogP contribution in [0, 0.1) is 0 Å². The number of H-pyrrole nitrogens is 1. The molecule has 10 nitrogen and oxygen atoms in total. The van der Waals surface area contributed by atoms with Gasteiger partial charge in [-0.3, -0.25) is 14.3 Å². The zero-order valence-electron chi connectivity index (χ0n) is 17.0. The van der Waals surface area contributed by atoms with Crippen molar-refractivity contribution in [2.45, 2.75) is 50.8 Å². The number of rotatable bonds is 8. The topological polar surface area (TPSA) is 136 Å². The number of hydrogen-bond acceptors (Lipinski definition) is 7. The van der Waals surface area contributed by atoms with Gasteiger partial charge in [0, 0.05) is 13.1 Å². The highest BCUT2D eigenvalue weighted by atomic mass is 32.2. The van der Waals surface area contributed by atoms with E-state index >= 15 is 0 Å². The number of nitrogens with one attached hydrogen (secondary N) is 1. The lowest BCUT2D eigenvalue weighted by Crippen LogP contribution is -2.31. The Morgan fingerprint density at radius 1 is 1.23 bits per heavy atom. The van der Waals surface area contributed by atoms with Crippen LogP contribution in [-0.2, 0) is 18.8 Å². The summed E-state index contributed by atoms with van der Waals surface area (Å²) < 4.78 is 8.97. The van der Waals surface area contributed by atoms with E-state index in [1.54, 1.807) is 10.6 Å². The van der Waals surface area contributed by atoms with Gasteiger partial charge in [0.05, 0.1) is 11.3 Å². The van der Waals surface area contributed by atoms with Crippen LogP contribution in [0.2, 0.25) is 0 Å². The number of carbonyl (C=O) groups is 1. The Morgan fingerprint density at radius 2 is 2.03 bits per heavy atom. The highest BCUT2D eigenvalue weighted by Crippen LogP contribution is 2.27. The van der Waals surface area contributed by atoms with Gasteiger partial charge in [-0.15, -0.1) is 0 Å². The predicted octanol–water partition coefficient (Wildman–Crippen LogP) is 2.84. The molecule has 0 amide bonds. The number of imidazole rings is 1. The van der Waals surface area contributed by atoms with Gasteiger partial charge in [0.25, 0.3) is 10.8 Å². The van der Waals surface area contributed by atoms with E-state index in [4.69, 9.17) is 9.52 Å². The molecule has 0 aliphatic rings. The zero-order valence-corrected chi connectivity index (χ0v) is 17.9. The van der Waals surface area contributed by atoms with Gasteiger partial charge in [-0.2, -0.15) is 0 Å². The molecule has 0 bridgehead atoms. The molecule has 0 fully saturated rings. The van der Waals surface area contributed by atoms with Crippen molar-refractivity contribution >= 4 is 40.0 Å². The lowest BCUT2D eigenvalue weighted by atomic mass is 10.2. The van der Waals surface area contributed by atoms with Crippen LogP contribution in [0.15, 0.2) is 37.4 Å². The van der Waals surface area contributed by atoms with Gasteiger partial charge >= 0.3 is 11.7 Å². The average Bonchev–Trinajstić information content (AvgIpc) is 3.32. The molecule has 2 N–H and O–H groups in total. The Morgan fingerprint density at radius 3 is 2.74 bits per heavy atom. The first-order chi connectivity index (χ1) is 14.9. The zero-order chi connectivity index (χ0) is 22.1. The molecule has 0 saturated heterocycles. The summed E-state index contributed by atoms with van der Waals surface area (Å²) in [6, 6.07) is 4.50. The van der Waals surface area contributed by atoms with Gasteiger partial charge < -0.3 is 14.1 Å². The molecule has 0 saturated carbocycles. The Labute approximate surface area is 179 Å².